The summed E-state index contributed by atoms with van der Waals surface area (Å²) in [5.41, 5.74) is 0. The van der Waals surface area contributed by atoms with Gasteiger partial charge in [0.15, 0.2) is 0 Å². The van der Waals surface area contributed by atoms with E-state index in [1.54, 1.807) is 6.92 Å². The molecular weight excluding hydrogens is 186 g/mol. The van der Waals surface area contributed by atoms with Crippen molar-refractivity contribution < 1.29 is 4.79 Å². The zero-order chi connectivity index (χ0) is 11.5. The van der Waals surface area contributed by atoms with Gasteiger partial charge in [-0.05, 0) is 12.8 Å². The van der Waals surface area contributed by atoms with E-state index in [0.29, 0.717) is 0 Å². The van der Waals surface area contributed by atoms with Crippen LogP contribution in [0.15, 0.2) is 0 Å². The molecule has 0 N–H and O–H groups in total. The molecule has 0 spiro atoms. The van der Waals surface area contributed by atoms with Crippen LogP contribution >= 0.6 is 0 Å². The number of hydrogen-bond acceptors (Lipinski definition) is 1. The van der Waals surface area contributed by atoms with Gasteiger partial charge in [-0.3, -0.25) is 4.79 Å². The third-order valence-electron chi connectivity index (χ3n) is 2.76. The molecule has 90 valence electrons. The SMILES string of the molecule is CCCCCCCN(CCCC)C(C)=O. The van der Waals surface area contributed by atoms with E-state index in [9.17, 15) is 4.79 Å². The van der Waals surface area contributed by atoms with Crippen molar-refractivity contribution in [3.05, 3.63) is 0 Å². The lowest BCUT2D eigenvalue weighted by molar-refractivity contribution is -0.129. The zero-order valence-electron chi connectivity index (χ0n) is 10.7. The van der Waals surface area contributed by atoms with E-state index in [2.05, 4.69) is 13.8 Å². The van der Waals surface area contributed by atoms with Gasteiger partial charge in [0, 0.05) is 20.0 Å². The molecule has 1 amide bonds. The van der Waals surface area contributed by atoms with Crippen LogP contribution in [0.2, 0.25) is 0 Å². The minimum absolute atomic E-state index is 0.235. The first-order chi connectivity index (χ1) is 7.22. The van der Waals surface area contributed by atoms with Crippen LogP contribution in [-0.2, 0) is 4.79 Å². The Bertz CT molecular complexity index is 157. The Kier molecular flexibility index (Phi) is 9.65. The number of carbonyl (C=O) groups is 1. The lowest BCUT2D eigenvalue weighted by atomic mass is 10.1. The van der Waals surface area contributed by atoms with Crippen LogP contribution in [0.4, 0.5) is 0 Å². The number of unbranched alkanes of at least 4 members (excludes halogenated alkanes) is 5. The highest BCUT2D eigenvalue weighted by molar-refractivity contribution is 5.73. The molecule has 15 heavy (non-hydrogen) atoms. The molecule has 0 rings (SSSR count). The maximum absolute atomic E-state index is 11.3. The fraction of sp³-hybridized carbons (Fsp3) is 0.923. The van der Waals surface area contributed by atoms with E-state index in [1.165, 1.54) is 38.5 Å². The van der Waals surface area contributed by atoms with Crippen molar-refractivity contribution in [2.45, 2.75) is 65.7 Å². The molecule has 0 bridgehead atoms. The zero-order valence-corrected chi connectivity index (χ0v) is 10.7. The lowest BCUT2D eigenvalue weighted by Crippen LogP contribution is -2.30. The monoisotopic (exact) mass is 213 g/mol. The van der Waals surface area contributed by atoms with Crippen LogP contribution in [0.25, 0.3) is 0 Å². The highest BCUT2D eigenvalue weighted by atomic mass is 16.2. The Morgan fingerprint density at radius 3 is 1.93 bits per heavy atom. The predicted octanol–water partition coefficient (Wildman–Crippen LogP) is 3.61. The second-order valence-electron chi connectivity index (χ2n) is 4.27. The molecular formula is C13H27NO. The summed E-state index contributed by atoms with van der Waals surface area (Å²) in [4.78, 5) is 13.3. The molecule has 0 aromatic carbocycles. The van der Waals surface area contributed by atoms with E-state index in [4.69, 9.17) is 0 Å². The summed E-state index contributed by atoms with van der Waals surface area (Å²) >= 11 is 0. The Hall–Kier alpha value is -0.530. The third kappa shape index (κ3) is 8.46. The second-order valence-corrected chi connectivity index (χ2v) is 4.27. The van der Waals surface area contributed by atoms with Crippen LogP contribution in [0, 0.1) is 0 Å². The van der Waals surface area contributed by atoms with E-state index in [-0.39, 0.29) is 5.91 Å². The van der Waals surface area contributed by atoms with Gasteiger partial charge in [0.25, 0.3) is 0 Å². The van der Waals surface area contributed by atoms with Crippen molar-refractivity contribution in [1.29, 1.82) is 0 Å². The van der Waals surface area contributed by atoms with E-state index in [1.807, 2.05) is 4.90 Å². The first-order valence-electron chi connectivity index (χ1n) is 6.47. The molecule has 0 radical (unpaired) electrons. The highest BCUT2D eigenvalue weighted by Gasteiger charge is 2.06. The van der Waals surface area contributed by atoms with Gasteiger partial charge in [-0.1, -0.05) is 46.0 Å². The molecule has 0 heterocycles. The van der Waals surface area contributed by atoms with E-state index in [0.717, 1.165) is 19.5 Å². The number of carbonyl (C=O) groups excluding carboxylic acids is 1. The molecule has 0 aliphatic rings. The molecule has 0 saturated carbocycles. The maximum Gasteiger partial charge on any atom is 0.219 e. The Morgan fingerprint density at radius 1 is 0.867 bits per heavy atom. The molecule has 0 aromatic heterocycles. The third-order valence-corrected chi connectivity index (χ3v) is 2.76. The number of nitrogens with zero attached hydrogens (tertiary/aromatic N) is 1. The van der Waals surface area contributed by atoms with Gasteiger partial charge < -0.3 is 4.90 Å². The number of amides is 1. The lowest BCUT2D eigenvalue weighted by Gasteiger charge is -2.20. The average molecular weight is 213 g/mol. The average Bonchev–Trinajstić information content (AvgIpc) is 2.21. The molecule has 0 atom stereocenters. The van der Waals surface area contributed by atoms with Crippen LogP contribution in [0.3, 0.4) is 0 Å². The Morgan fingerprint density at radius 2 is 1.40 bits per heavy atom. The first-order valence-corrected chi connectivity index (χ1v) is 6.47. The summed E-state index contributed by atoms with van der Waals surface area (Å²) in [6.45, 7) is 7.98. The summed E-state index contributed by atoms with van der Waals surface area (Å²) in [6, 6.07) is 0. The van der Waals surface area contributed by atoms with Gasteiger partial charge in [0.2, 0.25) is 5.91 Å². The highest BCUT2D eigenvalue weighted by Crippen LogP contribution is 2.05. The summed E-state index contributed by atoms with van der Waals surface area (Å²) in [5, 5.41) is 0. The van der Waals surface area contributed by atoms with Crippen molar-refractivity contribution in [3.8, 4) is 0 Å². The summed E-state index contributed by atoms with van der Waals surface area (Å²) in [5.74, 6) is 0.235. The smallest absolute Gasteiger partial charge is 0.219 e. The van der Waals surface area contributed by atoms with Gasteiger partial charge >= 0.3 is 0 Å². The van der Waals surface area contributed by atoms with Gasteiger partial charge in [-0.25, -0.2) is 0 Å². The minimum Gasteiger partial charge on any atom is -0.343 e. The maximum atomic E-state index is 11.3. The van der Waals surface area contributed by atoms with E-state index < -0.39 is 0 Å². The fourth-order valence-electron chi connectivity index (χ4n) is 1.68. The molecule has 0 aromatic rings. The standard InChI is InChI=1S/C13H27NO/c1-4-6-8-9-10-12-14(13(3)15)11-7-5-2/h4-12H2,1-3H3. The topological polar surface area (TPSA) is 20.3 Å². The molecule has 0 unspecified atom stereocenters. The Labute approximate surface area is 95.0 Å². The van der Waals surface area contributed by atoms with Crippen molar-refractivity contribution in [2.24, 2.45) is 0 Å². The van der Waals surface area contributed by atoms with Crippen molar-refractivity contribution in [1.82, 2.24) is 4.90 Å². The molecule has 0 aliphatic carbocycles. The van der Waals surface area contributed by atoms with Gasteiger partial charge in [-0.2, -0.15) is 0 Å². The molecule has 0 aliphatic heterocycles. The van der Waals surface area contributed by atoms with Crippen LogP contribution < -0.4 is 0 Å². The van der Waals surface area contributed by atoms with E-state index >= 15 is 0 Å². The number of hydrogen-bond donors (Lipinski definition) is 0. The molecule has 0 fully saturated rings. The van der Waals surface area contributed by atoms with Crippen LogP contribution in [0.5, 0.6) is 0 Å². The van der Waals surface area contributed by atoms with Crippen LogP contribution in [0.1, 0.15) is 65.7 Å². The normalized spacial score (nSPS) is 10.3. The quantitative estimate of drug-likeness (QED) is 0.536. The van der Waals surface area contributed by atoms with Crippen LogP contribution in [-0.4, -0.2) is 23.9 Å². The largest absolute Gasteiger partial charge is 0.343 e. The second kappa shape index (κ2) is 10.0. The van der Waals surface area contributed by atoms with Gasteiger partial charge in [0.1, 0.15) is 0 Å². The summed E-state index contributed by atoms with van der Waals surface area (Å²) < 4.78 is 0. The molecule has 0 saturated heterocycles. The predicted molar refractivity (Wildman–Crippen MR) is 65.9 cm³/mol. The molecule has 2 nitrogen and oxygen atoms in total. The first kappa shape index (κ1) is 14.5. The summed E-state index contributed by atoms with van der Waals surface area (Å²) in [7, 11) is 0. The van der Waals surface area contributed by atoms with Crippen molar-refractivity contribution >= 4 is 5.91 Å². The summed E-state index contributed by atoms with van der Waals surface area (Å²) in [6.07, 6.45) is 8.67. The van der Waals surface area contributed by atoms with Gasteiger partial charge in [-0.15, -0.1) is 0 Å². The fourth-order valence-corrected chi connectivity index (χ4v) is 1.68. The Balaban J connectivity index is 3.53. The van der Waals surface area contributed by atoms with Crippen molar-refractivity contribution in [2.75, 3.05) is 13.1 Å². The molecule has 2 heteroatoms. The van der Waals surface area contributed by atoms with Crippen molar-refractivity contribution in [3.63, 3.8) is 0 Å². The minimum atomic E-state index is 0.235. The van der Waals surface area contributed by atoms with Gasteiger partial charge in [0.05, 0.1) is 0 Å². The number of rotatable bonds is 9.